The largest absolute Gasteiger partial charge is 0.505 e. The van der Waals surface area contributed by atoms with Crippen LogP contribution in [0.15, 0.2) is 36.7 Å². The highest BCUT2D eigenvalue weighted by atomic mass is 16.3. The van der Waals surface area contributed by atoms with Crippen LogP contribution in [-0.4, -0.2) is 50.3 Å². The van der Waals surface area contributed by atoms with Crippen LogP contribution < -0.4 is 10.2 Å². The molecule has 3 aromatic rings. The molecule has 0 aromatic carbocycles. The van der Waals surface area contributed by atoms with Crippen LogP contribution in [-0.2, 0) is 6.54 Å². The molecule has 4 rings (SSSR count). The van der Waals surface area contributed by atoms with Crippen LogP contribution in [0.3, 0.4) is 0 Å². The average molecular weight is 393 g/mol. The van der Waals surface area contributed by atoms with Crippen molar-refractivity contribution in [3.05, 3.63) is 53.6 Å². The van der Waals surface area contributed by atoms with E-state index in [9.17, 15) is 15.0 Å². The van der Waals surface area contributed by atoms with E-state index in [-0.39, 0.29) is 17.5 Å². The van der Waals surface area contributed by atoms with E-state index in [1.54, 1.807) is 12.3 Å². The number of hydrogen-bond acceptors (Lipinski definition) is 7. The molecule has 4 heterocycles. The lowest BCUT2D eigenvalue weighted by Crippen LogP contribution is -2.36. The minimum atomic E-state index is -0.459. The number of amides is 1. The summed E-state index contributed by atoms with van der Waals surface area (Å²) in [6.45, 7) is 3.65. The minimum absolute atomic E-state index is 0.0341. The second-order valence-corrected chi connectivity index (χ2v) is 7.27. The van der Waals surface area contributed by atoms with Crippen molar-refractivity contribution in [3.8, 4) is 5.75 Å². The third-order valence-corrected chi connectivity index (χ3v) is 5.13. The number of rotatable bonds is 4. The average Bonchev–Trinajstić information content (AvgIpc) is 2.74. The molecule has 1 saturated heterocycles. The number of aromatic hydroxyl groups is 1. The summed E-state index contributed by atoms with van der Waals surface area (Å²) in [6, 6.07) is 7.33. The maximum atomic E-state index is 12.5. The van der Waals surface area contributed by atoms with Crippen LogP contribution in [0.2, 0.25) is 0 Å². The molecule has 0 spiro atoms. The number of aliphatic hydroxyl groups excluding tert-OH is 1. The number of hydrogen-bond donors (Lipinski definition) is 3. The van der Waals surface area contributed by atoms with Crippen molar-refractivity contribution < 1.29 is 15.0 Å². The fraction of sp³-hybridized carbons (Fsp3) is 0.333. The molecule has 0 unspecified atom stereocenters. The van der Waals surface area contributed by atoms with Gasteiger partial charge < -0.3 is 20.4 Å². The Balaban J connectivity index is 1.51. The molecule has 3 aromatic heterocycles. The summed E-state index contributed by atoms with van der Waals surface area (Å²) in [5.74, 6) is 0.129. The summed E-state index contributed by atoms with van der Waals surface area (Å²) in [7, 11) is 0. The fourth-order valence-corrected chi connectivity index (χ4v) is 3.38. The van der Waals surface area contributed by atoms with Gasteiger partial charge >= 0.3 is 0 Å². The van der Waals surface area contributed by atoms with Crippen molar-refractivity contribution in [2.24, 2.45) is 0 Å². The molecule has 29 heavy (non-hydrogen) atoms. The Hall–Kier alpha value is -3.26. The van der Waals surface area contributed by atoms with Crippen molar-refractivity contribution in [3.63, 3.8) is 0 Å². The Bertz CT molecular complexity index is 1030. The Labute approximate surface area is 168 Å². The molecular weight excluding hydrogens is 370 g/mol. The van der Waals surface area contributed by atoms with E-state index in [0.717, 1.165) is 30.2 Å². The first-order valence-corrected chi connectivity index (χ1v) is 9.63. The van der Waals surface area contributed by atoms with E-state index < -0.39 is 5.91 Å². The Morgan fingerprint density at radius 2 is 1.97 bits per heavy atom. The van der Waals surface area contributed by atoms with Crippen LogP contribution in [0.25, 0.3) is 10.9 Å². The van der Waals surface area contributed by atoms with E-state index in [4.69, 9.17) is 0 Å². The molecule has 1 aliphatic heterocycles. The first kappa shape index (κ1) is 19.1. The molecule has 8 heteroatoms. The SMILES string of the molecule is Cc1ccc(CNC(=O)c2ncc3nc(N4CCC(O)CC4)ccc3c2O)cn1. The van der Waals surface area contributed by atoms with Gasteiger partial charge in [0.1, 0.15) is 5.82 Å². The van der Waals surface area contributed by atoms with Crippen molar-refractivity contribution in [2.45, 2.75) is 32.4 Å². The van der Waals surface area contributed by atoms with Gasteiger partial charge in [-0.1, -0.05) is 6.07 Å². The number of carbonyl (C=O) groups excluding carboxylic acids is 1. The van der Waals surface area contributed by atoms with Gasteiger partial charge in [-0.2, -0.15) is 0 Å². The van der Waals surface area contributed by atoms with Crippen molar-refractivity contribution in [2.75, 3.05) is 18.0 Å². The number of aromatic nitrogens is 3. The van der Waals surface area contributed by atoms with E-state index in [0.29, 0.717) is 30.3 Å². The number of aryl methyl sites for hydroxylation is 1. The van der Waals surface area contributed by atoms with Gasteiger partial charge in [-0.05, 0) is 43.5 Å². The van der Waals surface area contributed by atoms with Gasteiger partial charge in [-0.25, -0.2) is 9.97 Å². The molecule has 0 aliphatic carbocycles. The minimum Gasteiger partial charge on any atom is -0.505 e. The topological polar surface area (TPSA) is 111 Å². The predicted molar refractivity (Wildman–Crippen MR) is 109 cm³/mol. The van der Waals surface area contributed by atoms with Crippen molar-refractivity contribution >= 4 is 22.6 Å². The van der Waals surface area contributed by atoms with Gasteiger partial charge in [0, 0.05) is 36.9 Å². The summed E-state index contributed by atoms with van der Waals surface area (Å²) in [6.07, 6.45) is 4.36. The lowest BCUT2D eigenvalue weighted by Gasteiger charge is -2.30. The summed E-state index contributed by atoms with van der Waals surface area (Å²) < 4.78 is 0. The normalized spacial score (nSPS) is 14.9. The highest BCUT2D eigenvalue weighted by Crippen LogP contribution is 2.28. The number of pyridine rings is 3. The number of fused-ring (bicyclic) bond motifs is 1. The van der Waals surface area contributed by atoms with Crippen molar-refractivity contribution in [1.29, 1.82) is 0 Å². The molecule has 3 N–H and O–H groups in total. The fourth-order valence-electron chi connectivity index (χ4n) is 3.38. The molecule has 150 valence electrons. The van der Waals surface area contributed by atoms with Gasteiger partial charge in [0.05, 0.1) is 17.8 Å². The Kier molecular flexibility index (Phi) is 5.26. The Morgan fingerprint density at radius 1 is 1.17 bits per heavy atom. The second-order valence-electron chi connectivity index (χ2n) is 7.27. The smallest absolute Gasteiger partial charge is 0.274 e. The maximum Gasteiger partial charge on any atom is 0.274 e. The quantitative estimate of drug-likeness (QED) is 0.621. The van der Waals surface area contributed by atoms with Crippen molar-refractivity contribution in [1.82, 2.24) is 20.3 Å². The van der Waals surface area contributed by atoms with Crippen LogP contribution in [0, 0.1) is 6.92 Å². The molecule has 8 nitrogen and oxygen atoms in total. The van der Waals surface area contributed by atoms with E-state index in [1.165, 1.54) is 6.20 Å². The van der Waals surface area contributed by atoms with E-state index >= 15 is 0 Å². The molecule has 0 atom stereocenters. The van der Waals surface area contributed by atoms with Gasteiger partial charge in [-0.15, -0.1) is 0 Å². The highest BCUT2D eigenvalue weighted by molar-refractivity contribution is 6.00. The van der Waals surface area contributed by atoms with Gasteiger partial charge in [-0.3, -0.25) is 9.78 Å². The first-order chi connectivity index (χ1) is 14.0. The Morgan fingerprint density at radius 3 is 2.69 bits per heavy atom. The molecule has 0 radical (unpaired) electrons. The summed E-state index contributed by atoms with van der Waals surface area (Å²) in [5.41, 5.74) is 2.25. The zero-order valence-corrected chi connectivity index (χ0v) is 16.2. The lowest BCUT2D eigenvalue weighted by molar-refractivity contribution is 0.0943. The molecule has 0 bridgehead atoms. The monoisotopic (exact) mass is 393 g/mol. The third-order valence-electron chi connectivity index (χ3n) is 5.13. The number of anilines is 1. The summed E-state index contributed by atoms with van der Waals surface area (Å²) in [5, 5.41) is 23.5. The number of piperidine rings is 1. The highest BCUT2D eigenvalue weighted by Gasteiger charge is 2.20. The van der Waals surface area contributed by atoms with Crippen LogP contribution >= 0.6 is 0 Å². The van der Waals surface area contributed by atoms with Gasteiger partial charge in [0.2, 0.25) is 0 Å². The molecule has 1 aliphatic rings. The maximum absolute atomic E-state index is 12.5. The summed E-state index contributed by atoms with van der Waals surface area (Å²) in [4.78, 5) is 27.5. The van der Waals surface area contributed by atoms with Gasteiger partial charge in [0.25, 0.3) is 5.91 Å². The van der Waals surface area contributed by atoms with E-state index in [2.05, 4.69) is 25.2 Å². The second kappa shape index (κ2) is 8.00. The predicted octanol–water partition coefficient (Wildman–Crippen LogP) is 1.93. The molecule has 0 saturated carbocycles. The zero-order valence-electron chi connectivity index (χ0n) is 16.2. The van der Waals surface area contributed by atoms with Gasteiger partial charge in [0.15, 0.2) is 11.4 Å². The van der Waals surface area contributed by atoms with E-state index in [1.807, 2.05) is 25.1 Å². The number of carbonyl (C=O) groups is 1. The summed E-state index contributed by atoms with van der Waals surface area (Å²) >= 11 is 0. The van der Waals surface area contributed by atoms with Crippen LogP contribution in [0.1, 0.15) is 34.6 Å². The molecule has 1 amide bonds. The molecular formula is C21H23N5O3. The molecule has 1 fully saturated rings. The van der Waals surface area contributed by atoms with Crippen LogP contribution in [0.5, 0.6) is 5.75 Å². The standard InChI is InChI=1S/C21H23N5O3/c1-13-2-3-14(10-22-13)11-24-21(29)19-20(28)16-4-5-18(25-17(16)12-23-19)26-8-6-15(27)7-9-26/h2-5,10,12,15,27-28H,6-9,11H2,1H3,(H,24,29). The lowest BCUT2D eigenvalue weighted by atomic mass is 10.1. The number of nitrogens with one attached hydrogen (secondary N) is 1. The van der Waals surface area contributed by atoms with Crippen LogP contribution in [0.4, 0.5) is 5.82 Å². The number of nitrogens with zero attached hydrogens (tertiary/aromatic N) is 4. The third kappa shape index (κ3) is 4.12. The number of aliphatic hydroxyl groups is 1. The first-order valence-electron chi connectivity index (χ1n) is 9.63. The zero-order chi connectivity index (χ0) is 20.4.